The molecule has 20 heavy (non-hydrogen) atoms. The van der Waals surface area contributed by atoms with Gasteiger partial charge in [-0.2, -0.15) is 13.2 Å². The van der Waals surface area contributed by atoms with E-state index in [2.05, 4.69) is 4.98 Å². The molecule has 0 radical (unpaired) electrons. The Morgan fingerprint density at radius 2 is 2.05 bits per heavy atom. The van der Waals surface area contributed by atoms with Gasteiger partial charge in [-0.25, -0.2) is 0 Å². The largest absolute Gasteiger partial charge is 0.406 e. The number of alkyl halides is 3. The lowest BCUT2D eigenvalue weighted by Crippen LogP contribution is -2.39. The molecule has 0 fully saturated rings. The van der Waals surface area contributed by atoms with Gasteiger partial charge in [-0.15, -0.1) is 0 Å². The molecule has 0 aliphatic heterocycles. The van der Waals surface area contributed by atoms with Crippen molar-refractivity contribution < 1.29 is 18.0 Å². The molecular formula is C14H15F3N2O. The van der Waals surface area contributed by atoms with Gasteiger partial charge in [0.15, 0.2) is 0 Å². The predicted octanol–water partition coefficient (Wildman–Crippen LogP) is 3.58. The Morgan fingerprint density at radius 1 is 1.30 bits per heavy atom. The second-order valence-electron chi connectivity index (χ2n) is 4.59. The summed E-state index contributed by atoms with van der Waals surface area (Å²) in [4.78, 5) is 16.1. The summed E-state index contributed by atoms with van der Waals surface area (Å²) in [6.45, 7) is 0.595. The fourth-order valence-corrected chi connectivity index (χ4v) is 2.17. The molecule has 0 unspecified atom stereocenters. The van der Waals surface area contributed by atoms with Crippen LogP contribution in [0.25, 0.3) is 10.9 Å². The van der Waals surface area contributed by atoms with Crippen molar-refractivity contribution in [2.45, 2.75) is 19.5 Å². The number of halogens is 3. The number of nitrogens with one attached hydrogen (secondary N) is 1. The molecule has 6 heteroatoms. The maximum atomic E-state index is 12.6. The van der Waals surface area contributed by atoms with E-state index in [1.165, 1.54) is 0 Å². The molecule has 3 nitrogen and oxygen atoms in total. The van der Waals surface area contributed by atoms with Crippen LogP contribution in [-0.2, 0) is 0 Å². The van der Waals surface area contributed by atoms with Crippen LogP contribution in [0.3, 0.4) is 0 Å². The summed E-state index contributed by atoms with van der Waals surface area (Å²) in [6, 6.07) is 6.79. The van der Waals surface area contributed by atoms with E-state index in [1.807, 2.05) is 0 Å². The van der Waals surface area contributed by atoms with E-state index in [1.54, 1.807) is 37.4 Å². The van der Waals surface area contributed by atoms with E-state index in [-0.39, 0.29) is 12.1 Å². The average molecular weight is 284 g/mol. The van der Waals surface area contributed by atoms with E-state index in [4.69, 9.17) is 0 Å². The number of nitrogens with zero attached hydrogens (tertiary/aromatic N) is 1. The third kappa shape index (κ3) is 3.12. The van der Waals surface area contributed by atoms with Gasteiger partial charge in [-0.3, -0.25) is 4.79 Å². The number of fused-ring (bicyclic) bond motifs is 1. The van der Waals surface area contributed by atoms with Crippen LogP contribution in [0.4, 0.5) is 13.2 Å². The minimum atomic E-state index is -4.39. The third-order valence-electron chi connectivity index (χ3n) is 2.97. The van der Waals surface area contributed by atoms with Gasteiger partial charge in [0.25, 0.3) is 5.91 Å². The van der Waals surface area contributed by atoms with Crippen molar-refractivity contribution >= 4 is 16.8 Å². The van der Waals surface area contributed by atoms with Gasteiger partial charge in [-0.05, 0) is 18.6 Å². The summed E-state index contributed by atoms with van der Waals surface area (Å²) in [5.41, 5.74) is 0.839. The highest BCUT2D eigenvalue weighted by Crippen LogP contribution is 2.22. The molecular weight excluding hydrogens is 269 g/mol. The lowest BCUT2D eigenvalue weighted by molar-refractivity contribution is -0.140. The molecule has 0 bridgehead atoms. The van der Waals surface area contributed by atoms with Crippen LogP contribution in [0, 0.1) is 0 Å². The lowest BCUT2D eigenvalue weighted by atomic mass is 10.1. The Balaban J connectivity index is 2.34. The molecule has 0 atom stereocenters. The number of benzene rings is 1. The molecule has 2 rings (SSSR count). The topological polar surface area (TPSA) is 36.1 Å². The molecule has 0 saturated carbocycles. The first-order valence-electron chi connectivity index (χ1n) is 6.34. The normalized spacial score (nSPS) is 11.8. The van der Waals surface area contributed by atoms with Crippen molar-refractivity contribution in [2.75, 3.05) is 13.1 Å². The van der Waals surface area contributed by atoms with Crippen molar-refractivity contribution in [3.63, 3.8) is 0 Å². The Hall–Kier alpha value is -1.98. The first kappa shape index (κ1) is 14.4. The molecule has 1 N–H and O–H groups in total. The summed E-state index contributed by atoms with van der Waals surface area (Å²) in [5.74, 6) is -0.600. The number of hydrogen-bond acceptors (Lipinski definition) is 1. The highest BCUT2D eigenvalue weighted by atomic mass is 19.4. The predicted molar refractivity (Wildman–Crippen MR) is 70.5 cm³/mol. The number of aromatic amines is 1. The van der Waals surface area contributed by atoms with Crippen LogP contribution >= 0.6 is 0 Å². The minimum absolute atomic E-state index is 0.0788. The van der Waals surface area contributed by atoms with Gasteiger partial charge >= 0.3 is 6.18 Å². The van der Waals surface area contributed by atoms with E-state index >= 15 is 0 Å². The second-order valence-corrected chi connectivity index (χ2v) is 4.59. The number of carbonyl (C=O) groups is 1. The zero-order chi connectivity index (χ0) is 14.8. The smallest absolute Gasteiger partial charge is 0.361 e. The number of aromatic nitrogens is 1. The average Bonchev–Trinajstić information content (AvgIpc) is 2.83. The fraction of sp³-hybridized carbons (Fsp3) is 0.357. The van der Waals surface area contributed by atoms with E-state index in [0.717, 1.165) is 10.3 Å². The molecule has 1 amide bonds. The van der Waals surface area contributed by atoms with Crippen LogP contribution < -0.4 is 0 Å². The molecule has 0 aliphatic carbocycles. The van der Waals surface area contributed by atoms with Crippen LogP contribution in [0.15, 0.2) is 30.5 Å². The van der Waals surface area contributed by atoms with Gasteiger partial charge in [0.05, 0.1) is 11.1 Å². The zero-order valence-corrected chi connectivity index (χ0v) is 11.0. The number of amides is 1. The fourth-order valence-electron chi connectivity index (χ4n) is 2.17. The molecule has 108 valence electrons. The standard InChI is InChI=1S/C14H15F3N2O/c1-2-8-19(9-14(15,16)17)13(20)11-5-3-4-10-6-7-18-12(10)11/h3-7,18H,2,8-9H2,1H3. The van der Waals surface area contributed by atoms with Gasteiger partial charge in [0.2, 0.25) is 0 Å². The summed E-state index contributed by atoms with van der Waals surface area (Å²) >= 11 is 0. The molecule has 1 aromatic heterocycles. The highest BCUT2D eigenvalue weighted by molar-refractivity contribution is 6.05. The lowest BCUT2D eigenvalue weighted by Gasteiger charge is -2.23. The molecule has 2 aromatic rings. The quantitative estimate of drug-likeness (QED) is 0.915. The first-order valence-corrected chi connectivity index (χ1v) is 6.34. The molecule has 0 spiro atoms. The SMILES string of the molecule is CCCN(CC(F)(F)F)C(=O)c1cccc2cc[nH]c12. The number of H-pyrrole nitrogens is 1. The van der Waals surface area contributed by atoms with Crippen molar-refractivity contribution in [2.24, 2.45) is 0 Å². The molecule has 0 aliphatic rings. The van der Waals surface area contributed by atoms with Gasteiger partial charge < -0.3 is 9.88 Å². The summed E-state index contributed by atoms with van der Waals surface area (Å²) in [5, 5.41) is 0.805. The Bertz CT molecular complexity index is 604. The Kier molecular flexibility index (Phi) is 4.01. The van der Waals surface area contributed by atoms with Crippen LogP contribution in [0.2, 0.25) is 0 Å². The minimum Gasteiger partial charge on any atom is -0.361 e. The molecule has 1 heterocycles. The van der Waals surface area contributed by atoms with Crippen molar-refractivity contribution in [1.82, 2.24) is 9.88 Å². The van der Waals surface area contributed by atoms with Gasteiger partial charge in [0.1, 0.15) is 6.54 Å². The van der Waals surface area contributed by atoms with Crippen LogP contribution in [0.5, 0.6) is 0 Å². The van der Waals surface area contributed by atoms with Crippen molar-refractivity contribution in [1.29, 1.82) is 0 Å². The maximum absolute atomic E-state index is 12.6. The summed E-state index contributed by atoms with van der Waals surface area (Å²) in [7, 11) is 0. The number of carbonyl (C=O) groups excluding carboxylic acids is 1. The number of hydrogen-bond donors (Lipinski definition) is 1. The number of para-hydroxylation sites is 1. The summed E-state index contributed by atoms with van der Waals surface area (Å²) in [6.07, 6.45) is -2.26. The first-order chi connectivity index (χ1) is 9.42. The monoisotopic (exact) mass is 284 g/mol. The Morgan fingerprint density at radius 3 is 2.70 bits per heavy atom. The van der Waals surface area contributed by atoms with E-state index in [9.17, 15) is 18.0 Å². The van der Waals surface area contributed by atoms with Gasteiger partial charge in [-0.1, -0.05) is 19.1 Å². The zero-order valence-electron chi connectivity index (χ0n) is 11.0. The van der Waals surface area contributed by atoms with Crippen LogP contribution in [-0.4, -0.2) is 35.1 Å². The highest BCUT2D eigenvalue weighted by Gasteiger charge is 2.33. The van der Waals surface area contributed by atoms with Crippen molar-refractivity contribution in [3.8, 4) is 0 Å². The van der Waals surface area contributed by atoms with E-state index < -0.39 is 18.6 Å². The third-order valence-corrected chi connectivity index (χ3v) is 2.97. The maximum Gasteiger partial charge on any atom is 0.406 e. The number of rotatable bonds is 4. The van der Waals surface area contributed by atoms with Crippen molar-refractivity contribution in [3.05, 3.63) is 36.0 Å². The van der Waals surface area contributed by atoms with Gasteiger partial charge in [0, 0.05) is 18.1 Å². The summed E-state index contributed by atoms with van der Waals surface area (Å²) < 4.78 is 37.7. The molecule has 0 saturated heterocycles. The van der Waals surface area contributed by atoms with Crippen LogP contribution in [0.1, 0.15) is 23.7 Å². The Labute approximate surface area is 114 Å². The van der Waals surface area contributed by atoms with E-state index in [0.29, 0.717) is 11.9 Å². The molecule has 1 aromatic carbocycles. The second kappa shape index (κ2) is 5.56.